The minimum Gasteiger partial charge on any atom is -0.495 e. The first-order valence-corrected chi connectivity index (χ1v) is 9.91. The van der Waals surface area contributed by atoms with Crippen molar-refractivity contribution in [2.45, 2.75) is 12.8 Å². The SMILES string of the molecule is COc1ccc(Cl)cc1NC(=O)NCCNC(=O)c1ccc(NC(=O)C2CC2)cc1. The highest BCUT2D eigenvalue weighted by Gasteiger charge is 2.29. The van der Waals surface area contributed by atoms with Gasteiger partial charge in [-0.15, -0.1) is 0 Å². The Morgan fingerprint density at radius 2 is 1.70 bits per heavy atom. The zero-order chi connectivity index (χ0) is 21.5. The van der Waals surface area contributed by atoms with Gasteiger partial charge in [0.05, 0.1) is 12.8 Å². The van der Waals surface area contributed by atoms with E-state index >= 15 is 0 Å². The van der Waals surface area contributed by atoms with Crippen molar-refractivity contribution < 1.29 is 19.1 Å². The molecule has 9 heteroatoms. The van der Waals surface area contributed by atoms with E-state index in [-0.39, 0.29) is 30.8 Å². The lowest BCUT2D eigenvalue weighted by atomic mass is 10.2. The summed E-state index contributed by atoms with van der Waals surface area (Å²) in [4.78, 5) is 36.0. The molecule has 2 aromatic rings. The molecule has 0 spiro atoms. The Labute approximate surface area is 179 Å². The van der Waals surface area contributed by atoms with Crippen LogP contribution >= 0.6 is 11.6 Å². The lowest BCUT2D eigenvalue weighted by Crippen LogP contribution is -2.36. The zero-order valence-corrected chi connectivity index (χ0v) is 17.2. The quantitative estimate of drug-likeness (QED) is 0.482. The molecule has 4 amide bonds. The van der Waals surface area contributed by atoms with Crippen LogP contribution in [0.5, 0.6) is 5.75 Å². The zero-order valence-electron chi connectivity index (χ0n) is 16.5. The van der Waals surface area contributed by atoms with Gasteiger partial charge in [-0.3, -0.25) is 9.59 Å². The van der Waals surface area contributed by atoms with Crippen LogP contribution in [0.25, 0.3) is 0 Å². The summed E-state index contributed by atoms with van der Waals surface area (Å²) in [6.07, 6.45) is 1.87. The van der Waals surface area contributed by atoms with Crippen LogP contribution in [0.15, 0.2) is 42.5 Å². The molecular formula is C21H23ClN4O4. The average Bonchev–Trinajstić information content (AvgIpc) is 3.57. The summed E-state index contributed by atoms with van der Waals surface area (Å²) in [5.74, 6) is 0.359. The minimum atomic E-state index is -0.444. The number of rotatable bonds is 8. The molecule has 0 radical (unpaired) electrons. The smallest absolute Gasteiger partial charge is 0.319 e. The van der Waals surface area contributed by atoms with E-state index in [1.165, 1.54) is 7.11 Å². The van der Waals surface area contributed by atoms with Crippen molar-refractivity contribution in [2.75, 3.05) is 30.8 Å². The largest absolute Gasteiger partial charge is 0.495 e. The summed E-state index contributed by atoms with van der Waals surface area (Å²) in [5, 5.41) is 11.3. The molecule has 2 aromatic carbocycles. The van der Waals surface area contributed by atoms with E-state index in [1.54, 1.807) is 42.5 Å². The average molecular weight is 431 g/mol. The van der Waals surface area contributed by atoms with E-state index in [4.69, 9.17) is 16.3 Å². The molecule has 158 valence electrons. The summed E-state index contributed by atoms with van der Waals surface area (Å²) < 4.78 is 5.17. The molecule has 1 saturated carbocycles. The minimum absolute atomic E-state index is 0.0203. The van der Waals surface area contributed by atoms with E-state index in [0.29, 0.717) is 27.7 Å². The van der Waals surface area contributed by atoms with Crippen molar-refractivity contribution in [3.8, 4) is 5.75 Å². The number of urea groups is 1. The van der Waals surface area contributed by atoms with Crippen LogP contribution in [0.1, 0.15) is 23.2 Å². The highest BCUT2D eigenvalue weighted by molar-refractivity contribution is 6.31. The maximum Gasteiger partial charge on any atom is 0.319 e. The third-order valence-corrected chi connectivity index (χ3v) is 4.70. The third kappa shape index (κ3) is 6.12. The number of methoxy groups -OCH3 is 1. The van der Waals surface area contributed by atoms with Crippen LogP contribution in [-0.4, -0.2) is 38.0 Å². The molecule has 1 aliphatic carbocycles. The fourth-order valence-corrected chi connectivity index (χ4v) is 2.87. The van der Waals surface area contributed by atoms with E-state index in [1.807, 2.05) is 0 Å². The van der Waals surface area contributed by atoms with E-state index in [0.717, 1.165) is 12.8 Å². The molecule has 3 rings (SSSR count). The fourth-order valence-electron chi connectivity index (χ4n) is 2.69. The number of halogens is 1. The van der Waals surface area contributed by atoms with Gasteiger partial charge in [0.15, 0.2) is 0 Å². The number of nitrogens with one attached hydrogen (secondary N) is 4. The van der Waals surface area contributed by atoms with E-state index in [2.05, 4.69) is 21.3 Å². The lowest BCUT2D eigenvalue weighted by molar-refractivity contribution is -0.117. The molecular weight excluding hydrogens is 408 g/mol. The molecule has 0 heterocycles. The number of hydrogen-bond acceptors (Lipinski definition) is 4. The third-order valence-electron chi connectivity index (χ3n) is 4.47. The first-order chi connectivity index (χ1) is 14.5. The highest BCUT2D eigenvalue weighted by Crippen LogP contribution is 2.30. The van der Waals surface area contributed by atoms with Gasteiger partial charge in [-0.2, -0.15) is 0 Å². The van der Waals surface area contributed by atoms with Crippen LogP contribution in [0.3, 0.4) is 0 Å². The van der Waals surface area contributed by atoms with Crippen LogP contribution < -0.4 is 26.0 Å². The monoisotopic (exact) mass is 430 g/mol. The summed E-state index contributed by atoms with van der Waals surface area (Å²) in [6.45, 7) is 0.481. The summed E-state index contributed by atoms with van der Waals surface area (Å²) in [5.41, 5.74) is 1.58. The van der Waals surface area contributed by atoms with E-state index < -0.39 is 6.03 Å². The standard InChI is InChI=1S/C21H23ClN4O4/c1-30-18-9-6-15(22)12-17(18)26-21(29)24-11-10-23-19(27)13-4-7-16(8-5-13)25-20(28)14-2-3-14/h4-9,12,14H,2-3,10-11H2,1H3,(H,23,27)(H,25,28)(H2,24,26,29). The molecule has 0 atom stereocenters. The van der Waals surface area contributed by atoms with Gasteiger partial charge >= 0.3 is 6.03 Å². The molecule has 8 nitrogen and oxygen atoms in total. The van der Waals surface area contributed by atoms with Gasteiger partial charge in [0.2, 0.25) is 5.91 Å². The summed E-state index contributed by atoms with van der Waals surface area (Å²) in [7, 11) is 1.50. The number of carbonyl (C=O) groups excluding carboxylic acids is 3. The number of amides is 4. The second-order valence-corrected chi connectivity index (χ2v) is 7.26. The Morgan fingerprint density at radius 1 is 1.00 bits per heavy atom. The van der Waals surface area contributed by atoms with Crippen molar-refractivity contribution in [3.05, 3.63) is 53.1 Å². The molecule has 1 fully saturated rings. The van der Waals surface area contributed by atoms with Crippen molar-refractivity contribution in [2.24, 2.45) is 5.92 Å². The van der Waals surface area contributed by atoms with Crippen LogP contribution in [0.4, 0.5) is 16.2 Å². The van der Waals surface area contributed by atoms with Crippen LogP contribution in [0.2, 0.25) is 5.02 Å². The maximum absolute atomic E-state index is 12.2. The summed E-state index contributed by atoms with van der Waals surface area (Å²) in [6, 6.07) is 11.1. The highest BCUT2D eigenvalue weighted by atomic mass is 35.5. The predicted octanol–water partition coefficient (Wildman–Crippen LogP) is 3.25. The van der Waals surface area contributed by atoms with Crippen LogP contribution in [-0.2, 0) is 4.79 Å². The fraction of sp³-hybridized carbons (Fsp3) is 0.286. The van der Waals surface area contributed by atoms with Gasteiger partial charge in [-0.05, 0) is 55.3 Å². The number of hydrogen-bond donors (Lipinski definition) is 4. The molecule has 0 aromatic heterocycles. The topological polar surface area (TPSA) is 109 Å². The van der Waals surface area contributed by atoms with Crippen molar-refractivity contribution in [1.82, 2.24) is 10.6 Å². The van der Waals surface area contributed by atoms with Gasteiger partial charge in [-0.1, -0.05) is 11.6 Å². The second kappa shape index (κ2) is 9.98. The Morgan fingerprint density at radius 3 is 2.37 bits per heavy atom. The summed E-state index contributed by atoms with van der Waals surface area (Å²) >= 11 is 5.93. The molecule has 4 N–H and O–H groups in total. The van der Waals surface area contributed by atoms with Crippen molar-refractivity contribution in [3.63, 3.8) is 0 Å². The van der Waals surface area contributed by atoms with Crippen molar-refractivity contribution >= 4 is 40.8 Å². The van der Waals surface area contributed by atoms with Gasteiger partial charge in [-0.25, -0.2) is 4.79 Å². The van der Waals surface area contributed by atoms with Crippen molar-refractivity contribution in [1.29, 1.82) is 0 Å². The molecule has 1 aliphatic rings. The molecule has 0 aliphatic heterocycles. The van der Waals surface area contributed by atoms with Gasteiger partial charge in [0, 0.05) is 35.3 Å². The normalized spacial score (nSPS) is 12.6. The van der Waals surface area contributed by atoms with Gasteiger partial charge in [0.25, 0.3) is 5.91 Å². The first-order valence-electron chi connectivity index (χ1n) is 9.54. The Balaban J connectivity index is 1.39. The number of ether oxygens (including phenoxy) is 1. The number of carbonyl (C=O) groups is 3. The molecule has 30 heavy (non-hydrogen) atoms. The van der Waals surface area contributed by atoms with Gasteiger partial charge < -0.3 is 26.0 Å². The van der Waals surface area contributed by atoms with Crippen LogP contribution in [0, 0.1) is 5.92 Å². The lowest BCUT2D eigenvalue weighted by Gasteiger charge is -2.12. The Bertz CT molecular complexity index is 929. The Kier molecular flexibility index (Phi) is 7.13. The number of anilines is 2. The molecule has 0 bridgehead atoms. The first kappa shape index (κ1) is 21.4. The molecule has 0 unspecified atom stereocenters. The van der Waals surface area contributed by atoms with E-state index in [9.17, 15) is 14.4 Å². The number of benzene rings is 2. The van der Waals surface area contributed by atoms with Gasteiger partial charge in [0.1, 0.15) is 5.75 Å². The second-order valence-electron chi connectivity index (χ2n) is 6.82. The Hall–Kier alpha value is -3.26. The predicted molar refractivity (Wildman–Crippen MR) is 115 cm³/mol. The molecule has 0 saturated heterocycles. The maximum atomic E-state index is 12.2.